The highest BCUT2D eigenvalue weighted by atomic mass is 79.9. The minimum atomic E-state index is -0.340. The Morgan fingerprint density at radius 1 is 1.40 bits per heavy atom. The Morgan fingerprint density at radius 2 is 2.10 bits per heavy atom. The van der Waals surface area contributed by atoms with Crippen molar-refractivity contribution < 1.29 is 9.53 Å². The zero-order valence-electron chi connectivity index (χ0n) is 10.8. The minimum absolute atomic E-state index is 0.304. The summed E-state index contributed by atoms with van der Waals surface area (Å²) in [7, 11) is 3.21. The van der Waals surface area contributed by atoms with Gasteiger partial charge in [-0.25, -0.2) is 0 Å². The molecule has 0 saturated heterocycles. The number of nitrogen functional groups attached to an aromatic ring is 1. The lowest BCUT2D eigenvalue weighted by molar-refractivity contribution is 0.101. The average Bonchev–Trinajstić information content (AvgIpc) is 2.72. The first-order valence-corrected chi connectivity index (χ1v) is 7.14. The molecular weight excluding hydrogens is 392 g/mol. The van der Waals surface area contributed by atoms with Crippen LogP contribution in [0, 0.1) is 0 Å². The maximum atomic E-state index is 12.2. The molecule has 1 amide bonds. The third kappa shape index (κ3) is 2.80. The van der Waals surface area contributed by atoms with E-state index in [0.29, 0.717) is 22.8 Å². The predicted octanol–water partition coefficient (Wildman–Crippen LogP) is 2.79. The topological polar surface area (TPSA) is 82.2 Å². The fraction of sp³-hybridized carbons (Fsp3) is 0.167. The number of hydrogen-bond donors (Lipinski definition) is 2. The minimum Gasteiger partial charge on any atom is -0.495 e. The number of hydrogen-bond acceptors (Lipinski definition) is 4. The maximum Gasteiger partial charge on any atom is 0.276 e. The monoisotopic (exact) mass is 402 g/mol. The highest BCUT2D eigenvalue weighted by Crippen LogP contribution is 2.34. The van der Waals surface area contributed by atoms with E-state index in [9.17, 15) is 4.79 Å². The van der Waals surface area contributed by atoms with E-state index in [0.717, 1.165) is 8.95 Å². The number of ether oxygens (including phenoxy) is 1. The summed E-state index contributed by atoms with van der Waals surface area (Å²) in [5.41, 5.74) is 6.93. The quantitative estimate of drug-likeness (QED) is 0.825. The zero-order valence-corrected chi connectivity index (χ0v) is 13.9. The van der Waals surface area contributed by atoms with E-state index in [2.05, 4.69) is 42.3 Å². The number of nitrogens with zero attached hydrogens (tertiary/aromatic N) is 2. The molecule has 0 aliphatic carbocycles. The molecule has 20 heavy (non-hydrogen) atoms. The summed E-state index contributed by atoms with van der Waals surface area (Å²) in [5, 5.41) is 6.70. The Kier molecular flexibility index (Phi) is 4.34. The zero-order chi connectivity index (χ0) is 14.9. The number of amides is 1. The molecule has 0 aliphatic rings. The van der Waals surface area contributed by atoms with Gasteiger partial charge in [-0.1, -0.05) is 0 Å². The van der Waals surface area contributed by atoms with Crippen molar-refractivity contribution in [1.82, 2.24) is 9.78 Å². The molecule has 2 aromatic rings. The number of benzene rings is 1. The van der Waals surface area contributed by atoms with Crippen molar-refractivity contribution >= 4 is 49.1 Å². The number of halogens is 2. The predicted molar refractivity (Wildman–Crippen MR) is 84.0 cm³/mol. The third-order valence-electron chi connectivity index (χ3n) is 2.67. The van der Waals surface area contributed by atoms with E-state index >= 15 is 0 Å². The lowest BCUT2D eigenvalue weighted by Gasteiger charge is -2.11. The first-order chi connectivity index (χ1) is 9.43. The molecule has 8 heteroatoms. The highest BCUT2D eigenvalue weighted by Gasteiger charge is 2.17. The standard InChI is InChI=1S/C12H12Br2N4O2/c1-18-11(8(15)5-16-18)12(19)17-9-4-10(20-2)7(14)3-6(9)13/h3-5H,15H2,1-2H3,(H,17,19). The molecule has 0 aliphatic heterocycles. The summed E-state index contributed by atoms with van der Waals surface area (Å²) >= 11 is 6.75. The second-order valence-corrected chi connectivity index (χ2v) is 5.70. The largest absolute Gasteiger partial charge is 0.495 e. The Morgan fingerprint density at radius 3 is 2.65 bits per heavy atom. The first-order valence-electron chi connectivity index (χ1n) is 5.56. The fourth-order valence-corrected chi connectivity index (χ4v) is 2.95. The molecular formula is C12H12Br2N4O2. The van der Waals surface area contributed by atoms with E-state index in [-0.39, 0.29) is 5.91 Å². The Balaban J connectivity index is 2.33. The molecule has 0 unspecified atom stereocenters. The molecule has 1 heterocycles. The molecule has 6 nitrogen and oxygen atoms in total. The van der Waals surface area contributed by atoms with Gasteiger partial charge in [0.05, 0.1) is 29.2 Å². The molecule has 106 valence electrons. The molecule has 0 fully saturated rings. The smallest absolute Gasteiger partial charge is 0.276 e. The second-order valence-electron chi connectivity index (χ2n) is 3.99. The Labute approximate surface area is 132 Å². The molecule has 0 radical (unpaired) electrons. The Hall–Kier alpha value is -1.54. The van der Waals surface area contributed by atoms with Gasteiger partial charge < -0.3 is 15.8 Å². The number of methoxy groups -OCH3 is 1. The molecule has 2 rings (SSSR count). The van der Waals surface area contributed by atoms with Crippen LogP contribution >= 0.6 is 31.9 Å². The lowest BCUT2D eigenvalue weighted by Crippen LogP contribution is -2.18. The van der Waals surface area contributed by atoms with Crippen LogP contribution in [0.15, 0.2) is 27.3 Å². The van der Waals surface area contributed by atoms with Gasteiger partial charge >= 0.3 is 0 Å². The van der Waals surface area contributed by atoms with Crippen molar-refractivity contribution in [2.75, 3.05) is 18.2 Å². The van der Waals surface area contributed by atoms with Crippen LogP contribution in [0.5, 0.6) is 5.75 Å². The van der Waals surface area contributed by atoms with Crippen molar-refractivity contribution in [3.05, 3.63) is 33.0 Å². The summed E-state index contributed by atoms with van der Waals surface area (Å²) in [6.45, 7) is 0. The van der Waals surface area contributed by atoms with Crippen LogP contribution < -0.4 is 15.8 Å². The van der Waals surface area contributed by atoms with Crippen molar-refractivity contribution in [2.24, 2.45) is 7.05 Å². The van der Waals surface area contributed by atoms with E-state index in [1.165, 1.54) is 10.9 Å². The van der Waals surface area contributed by atoms with Crippen molar-refractivity contribution in [2.45, 2.75) is 0 Å². The Bertz CT molecular complexity index is 650. The lowest BCUT2D eigenvalue weighted by atomic mass is 10.2. The molecule has 1 aromatic carbocycles. The van der Waals surface area contributed by atoms with Gasteiger partial charge in [0.15, 0.2) is 0 Å². The van der Waals surface area contributed by atoms with Gasteiger partial charge in [-0.3, -0.25) is 9.48 Å². The van der Waals surface area contributed by atoms with Gasteiger partial charge in [-0.05, 0) is 37.9 Å². The maximum absolute atomic E-state index is 12.2. The molecule has 0 atom stereocenters. The van der Waals surface area contributed by atoms with Crippen molar-refractivity contribution in [3.8, 4) is 5.75 Å². The first kappa shape index (κ1) is 14.9. The number of nitrogens with two attached hydrogens (primary N) is 1. The molecule has 1 aromatic heterocycles. The number of anilines is 2. The van der Waals surface area contributed by atoms with E-state index < -0.39 is 0 Å². The van der Waals surface area contributed by atoms with Crippen LogP contribution in [0.2, 0.25) is 0 Å². The number of nitrogens with one attached hydrogen (secondary N) is 1. The summed E-state index contributed by atoms with van der Waals surface area (Å²) in [5.74, 6) is 0.272. The number of carbonyl (C=O) groups is 1. The van der Waals surface area contributed by atoms with E-state index in [4.69, 9.17) is 10.5 Å². The number of rotatable bonds is 3. The van der Waals surface area contributed by atoms with Gasteiger partial charge in [0.25, 0.3) is 5.91 Å². The van der Waals surface area contributed by atoms with E-state index in [1.54, 1.807) is 26.3 Å². The average molecular weight is 404 g/mol. The van der Waals surface area contributed by atoms with Crippen LogP contribution in [0.25, 0.3) is 0 Å². The molecule has 3 N–H and O–H groups in total. The van der Waals surface area contributed by atoms with Gasteiger partial charge in [-0.2, -0.15) is 5.10 Å². The van der Waals surface area contributed by atoms with Crippen LogP contribution in [0.1, 0.15) is 10.5 Å². The summed E-state index contributed by atoms with van der Waals surface area (Å²) in [4.78, 5) is 12.2. The van der Waals surface area contributed by atoms with Crippen LogP contribution in [0.3, 0.4) is 0 Å². The van der Waals surface area contributed by atoms with Crippen LogP contribution in [-0.4, -0.2) is 22.8 Å². The van der Waals surface area contributed by atoms with Crippen molar-refractivity contribution in [1.29, 1.82) is 0 Å². The normalized spacial score (nSPS) is 10.4. The molecule has 0 spiro atoms. The van der Waals surface area contributed by atoms with Crippen molar-refractivity contribution in [3.63, 3.8) is 0 Å². The van der Waals surface area contributed by atoms with E-state index in [1.807, 2.05) is 0 Å². The summed E-state index contributed by atoms with van der Waals surface area (Å²) < 4.78 is 8.13. The number of carbonyl (C=O) groups excluding carboxylic acids is 1. The molecule has 0 bridgehead atoms. The van der Waals surface area contributed by atoms with Gasteiger partial charge in [0, 0.05) is 17.6 Å². The SMILES string of the molecule is COc1cc(NC(=O)c2c(N)cnn2C)c(Br)cc1Br. The van der Waals surface area contributed by atoms with Gasteiger partial charge in [0.2, 0.25) is 0 Å². The highest BCUT2D eigenvalue weighted by molar-refractivity contribution is 9.11. The fourth-order valence-electron chi connectivity index (χ4n) is 1.70. The number of aromatic nitrogens is 2. The summed E-state index contributed by atoms with van der Waals surface area (Å²) in [6, 6.07) is 3.50. The van der Waals surface area contributed by atoms with Crippen LogP contribution in [-0.2, 0) is 7.05 Å². The molecule has 0 saturated carbocycles. The summed E-state index contributed by atoms with van der Waals surface area (Å²) in [6.07, 6.45) is 1.44. The number of aryl methyl sites for hydroxylation is 1. The van der Waals surface area contributed by atoms with Crippen LogP contribution in [0.4, 0.5) is 11.4 Å². The van der Waals surface area contributed by atoms with Gasteiger partial charge in [-0.15, -0.1) is 0 Å². The second kappa shape index (κ2) is 5.84. The third-order valence-corrected chi connectivity index (χ3v) is 3.95. The van der Waals surface area contributed by atoms with Gasteiger partial charge in [0.1, 0.15) is 11.4 Å².